The lowest BCUT2D eigenvalue weighted by atomic mass is 10.0. The first-order chi connectivity index (χ1) is 11.0. The van der Waals surface area contributed by atoms with Crippen LogP contribution in [0.3, 0.4) is 0 Å². The normalized spacial score (nSPS) is 16.5. The Labute approximate surface area is 137 Å². The molecule has 1 aliphatic heterocycles. The Bertz CT molecular complexity index is 635. The second-order valence-electron chi connectivity index (χ2n) is 5.55. The fraction of sp³-hybridized carbons (Fsp3) is 0.562. The SMILES string of the molecule is CCC(CC)C(=O)Nc1cccc(S(=O)(=O)N2CCOCC2)c1. The smallest absolute Gasteiger partial charge is 0.243 e. The summed E-state index contributed by atoms with van der Waals surface area (Å²) >= 11 is 0. The molecule has 1 aromatic rings. The molecule has 23 heavy (non-hydrogen) atoms. The number of nitrogens with one attached hydrogen (secondary N) is 1. The van der Waals surface area contributed by atoms with Gasteiger partial charge in [-0.3, -0.25) is 4.79 Å². The fourth-order valence-electron chi connectivity index (χ4n) is 2.57. The third-order valence-electron chi connectivity index (χ3n) is 4.07. The largest absolute Gasteiger partial charge is 0.379 e. The maximum atomic E-state index is 12.6. The van der Waals surface area contributed by atoms with Crippen LogP contribution in [0.15, 0.2) is 29.2 Å². The van der Waals surface area contributed by atoms with Crippen molar-refractivity contribution in [2.75, 3.05) is 31.6 Å². The Balaban J connectivity index is 2.17. The average molecular weight is 340 g/mol. The maximum absolute atomic E-state index is 12.6. The van der Waals surface area contributed by atoms with E-state index in [9.17, 15) is 13.2 Å². The van der Waals surface area contributed by atoms with E-state index in [2.05, 4.69) is 5.32 Å². The van der Waals surface area contributed by atoms with Crippen molar-refractivity contribution in [3.63, 3.8) is 0 Å². The van der Waals surface area contributed by atoms with E-state index in [4.69, 9.17) is 4.74 Å². The van der Waals surface area contributed by atoms with E-state index in [1.165, 1.54) is 10.4 Å². The van der Waals surface area contributed by atoms with Gasteiger partial charge in [0.25, 0.3) is 0 Å². The van der Waals surface area contributed by atoms with Crippen molar-refractivity contribution in [2.24, 2.45) is 5.92 Å². The van der Waals surface area contributed by atoms with Gasteiger partial charge >= 0.3 is 0 Å². The number of hydrogen-bond donors (Lipinski definition) is 1. The van der Waals surface area contributed by atoms with Crippen molar-refractivity contribution in [1.29, 1.82) is 0 Å². The van der Waals surface area contributed by atoms with Gasteiger partial charge in [-0.05, 0) is 31.0 Å². The lowest BCUT2D eigenvalue weighted by Gasteiger charge is -2.26. The first-order valence-electron chi connectivity index (χ1n) is 7.97. The van der Waals surface area contributed by atoms with Crippen LogP contribution in [0.2, 0.25) is 0 Å². The van der Waals surface area contributed by atoms with E-state index in [-0.39, 0.29) is 16.7 Å². The molecular formula is C16H24N2O4S. The van der Waals surface area contributed by atoms with Crippen LogP contribution >= 0.6 is 0 Å². The van der Waals surface area contributed by atoms with Gasteiger partial charge in [-0.25, -0.2) is 8.42 Å². The fourth-order valence-corrected chi connectivity index (χ4v) is 4.03. The highest BCUT2D eigenvalue weighted by atomic mass is 32.2. The molecule has 1 amide bonds. The molecule has 7 heteroatoms. The van der Waals surface area contributed by atoms with Gasteiger partial charge in [0.15, 0.2) is 0 Å². The van der Waals surface area contributed by atoms with E-state index in [1.54, 1.807) is 18.2 Å². The molecule has 0 aromatic heterocycles. The number of morpholine rings is 1. The number of anilines is 1. The van der Waals surface area contributed by atoms with E-state index in [1.807, 2.05) is 13.8 Å². The summed E-state index contributed by atoms with van der Waals surface area (Å²) in [6.07, 6.45) is 1.52. The summed E-state index contributed by atoms with van der Waals surface area (Å²) in [5.74, 6) is -0.134. The number of rotatable bonds is 6. The van der Waals surface area contributed by atoms with Crippen molar-refractivity contribution < 1.29 is 17.9 Å². The van der Waals surface area contributed by atoms with Gasteiger partial charge in [-0.2, -0.15) is 4.31 Å². The molecule has 0 spiro atoms. The van der Waals surface area contributed by atoms with Gasteiger partial charge in [0, 0.05) is 24.7 Å². The van der Waals surface area contributed by atoms with Crippen LogP contribution in [0.25, 0.3) is 0 Å². The predicted octanol–water partition coefficient (Wildman–Crippen LogP) is 2.08. The zero-order valence-corrected chi connectivity index (χ0v) is 14.4. The maximum Gasteiger partial charge on any atom is 0.243 e. The van der Waals surface area contributed by atoms with Crippen LogP contribution < -0.4 is 5.32 Å². The molecule has 6 nitrogen and oxygen atoms in total. The molecule has 1 aliphatic rings. The minimum atomic E-state index is -3.55. The van der Waals surface area contributed by atoms with Crippen molar-refractivity contribution in [1.82, 2.24) is 4.31 Å². The summed E-state index contributed by atoms with van der Waals surface area (Å²) < 4.78 is 31.9. The highest BCUT2D eigenvalue weighted by Gasteiger charge is 2.26. The molecule has 1 fully saturated rings. The summed E-state index contributed by atoms with van der Waals surface area (Å²) in [4.78, 5) is 12.3. The van der Waals surface area contributed by atoms with E-state index >= 15 is 0 Å². The molecule has 1 N–H and O–H groups in total. The molecule has 2 rings (SSSR count). The zero-order chi connectivity index (χ0) is 16.9. The van der Waals surface area contributed by atoms with Crippen molar-refractivity contribution in [3.05, 3.63) is 24.3 Å². The number of hydrogen-bond acceptors (Lipinski definition) is 4. The van der Waals surface area contributed by atoms with Gasteiger partial charge in [-0.15, -0.1) is 0 Å². The number of carbonyl (C=O) groups is 1. The van der Waals surface area contributed by atoms with Gasteiger partial charge in [0.05, 0.1) is 18.1 Å². The Morgan fingerprint density at radius 2 is 1.91 bits per heavy atom. The van der Waals surface area contributed by atoms with Crippen LogP contribution in [-0.2, 0) is 19.6 Å². The molecule has 0 unspecified atom stereocenters. The molecule has 1 saturated heterocycles. The number of amides is 1. The predicted molar refractivity (Wildman–Crippen MR) is 88.7 cm³/mol. The van der Waals surface area contributed by atoms with Crippen LogP contribution in [0.1, 0.15) is 26.7 Å². The summed E-state index contributed by atoms with van der Waals surface area (Å²) in [7, 11) is -3.55. The summed E-state index contributed by atoms with van der Waals surface area (Å²) in [5.41, 5.74) is 0.510. The molecule has 1 aromatic carbocycles. The molecule has 0 aliphatic carbocycles. The van der Waals surface area contributed by atoms with Gasteiger partial charge in [-0.1, -0.05) is 19.9 Å². The second-order valence-corrected chi connectivity index (χ2v) is 7.48. The van der Waals surface area contributed by atoms with Gasteiger partial charge < -0.3 is 10.1 Å². The molecule has 128 valence electrons. The number of sulfonamides is 1. The van der Waals surface area contributed by atoms with Crippen molar-refractivity contribution >= 4 is 21.6 Å². The Morgan fingerprint density at radius 3 is 2.52 bits per heavy atom. The highest BCUT2D eigenvalue weighted by molar-refractivity contribution is 7.89. The Kier molecular flexibility index (Phi) is 6.15. The Hall–Kier alpha value is -1.44. The lowest BCUT2D eigenvalue weighted by molar-refractivity contribution is -0.120. The quantitative estimate of drug-likeness (QED) is 0.860. The molecule has 0 atom stereocenters. The number of benzene rings is 1. The van der Waals surface area contributed by atoms with Gasteiger partial charge in [0.2, 0.25) is 15.9 Å². The Morgan fingerprint density at radius 1 is 1.26 bits per heavy atom. The van der Waals surface area contributed by atoms with E-state index in [0.717, 1.165) is 12.8 Å². The molecule has 1 heterocycles. The van der Waals surface area contributed by atoms with Gasteiger partial charge in [0.1, 0.15) is 0 Å². The third-order valence-corrected chi connectivity index (χ3v) is 5.96. The third kappa shape index (κ3) is 4.31. The molecule has 0 bridgehead atoms. The highest BCUT2D eigenvalue weighted by Crippen LogP contribution is 2.21. The summed E-state index contributed by atoms with van der Waals surface area (Å²) in [6.45, 7) is 5.45. The van der Waals surface area contributed by atoms with E-state index in [0.29, 0.717) is 32.0 Å². The average Bonchev–Trinajstić information content (AvgIpc) is 2.57. The number of nitrogens with zero attached hydrogens (tertiary/aromatic N) is 1. The van der Waals surface area contributed by atoms with Crippen LogP contribution in [-0.4, -0.2) is 44.9 Å². The minimum Gasteiger partial charge on any atom is -0.379 e. The number of ether oxygens (including phenoxy) is 1. The standard InChI is InChI=1S/C16H24N2O4S/c1-3-13(4-2)16(19)17-14-6-5-7-15(12-14)23(20,21)18-8-10-22-11-9-18/h5-7,12-13H,3-4,8-11H2,1-2H3,(H,17,19). The molecular weight excluding hydrogens is 316 g/mol. The zero-order valence-electron chi connectivity index (χ0n) is 13.6. The first-order valence-corrected chi connectivity index (χ1v) is 9.41. The van der Waals surface area contributed by atoms with Crippen LogP contribution in [0.5, 0.6) is 0 Å². The van der Waals surface area contributed by atoms with E-state index < -0.39 is 10.0 Å². The van der Waals surface area contributed by atoms with Crippen molar-refractivity contribution in [3.8, 4) is 0 Å². The first kappa shape index (κ1) is 17.9. The second kappa shape index (κ2) is 7.90. The van der Waals surface area contributed by atoms with Crippen molar-refractivity contribution in [2.45, 2.75) is 31.6 Å². The minimum absolute atomic E-state index is 0.0606. The van der Waals surface area contributed by atoms with Crippen LogP contribution in [0, 0.1) is 5.92 Å². The number of carbonyl (C=O) groups excluding carboxylic acids is 1. The topological polar surface area (TPSA) is 75.7 Å². The summed E-state index contributed by atoms with van der Waals surface area (Å²) in [5, 5.41) is 2.81. The monoisotopic (exact) mass is 340 g/mol. The summed E-state index contributed by atoms with van der Waals surface area (Å²) in [6, 6.07) is 6.43. The molecule has 0 radical (unpaired) electrons. The molecule has 0 saturated carbocycles. The van der Waals surface area contributed by atoms with Crippen LogP contribution in [0.4, 0.5) is 5.69 Å². The lowest BCUT2D eigenvalue weighted by Crippen LogP contribution is -2.40.